The van der Waals surface area contributed by atoms with Crippen molar-refractivity contribution in [3.05, 3.63) is 29.2 Å². The first-order valence-electron chi connectivity index (χ1n) is 13.0. The van der Waals surface area contributed by atoms with E-state index in [2.05, 4.69) is 20.2 Å². The molecule has 1 unspecified atom stereocenters. The molecule has 1 spiro atoms. The molecule has 0 aromatic carbocycles. The summed E-state index contributed by atoms with van der Waals surface area (Å²) < 4.78 is 13.2. The molecular formula is C25H37N7O4. The van der Waals surface area contributed by atoms with Crippen molar-refractivity contribution in [2.45, 2.75) is 52.0 Å². The predicted molar refractivity (Wildman–Crippen MR) is 130 cm³/mol. The monoisotopic (exact) mass is 499 g/mol. The van der Waals surface area contributed by atoms with E-state index in [1.807, 2.05) is 43.7 Å². The Balaban J connectivity index is 1.30. The maximum absolute atomic E-state index is 13.1. The Bertz CT molecular complexity index is 1080. The van der Waals surface area contributed by atoms with Crippen LogP contribution in [0.3, 0.4) is 0 Å². The quantitative estimate of drug-likeness (QED) is 0.612. The number of carbonyl (C=O) groups excluding carboxylic acids is 2. The molecular weight excluding hydrogens is 462 g/mol. The van der Waals surface area contributed by atoms with Crippen molar-refractivity contribution >= 4 is 11.8 Å². The number of morpholine rings is 1. The summed E-state index contributed by atoms with van der Waals surface area (Å²) in [5.41, 5.74) is 1.46. The fraction of sp³-hybridized carbons (Fsp3) is 0.720. The van der Waals surface area contributed by atoms with Crippen molar-refractivity contribution in [2.75, 3.05) is 52.5 Å². The molecule has 11 nitrogen and oxygen atoms in total. The maximum Gasteiger partial charge on any atom is 0.274 e. The molecule has 3 fully saturated rings. The molecule has 5 heterocycles. The number of hydrogen-bond acceptors (Lipinski definition) is 8. The Morgan fingerprint density at radius 3 is 2.44 bits per heavy atom. The summed E-state index contributed by atoms with van der Waals surface area (Å²) in [4.78, 5) is 32.2. The molecule has 1 atom stereocenters. The van der Waals surface area contributed by atoms with Crippen molar-refractivity contribution in [3.8, 4) is 0 Å². The Morgan fingerprint density at radius 1 is 1.11 bits per heavy atom. The lowest BCUT2D eigenvalue weighted by Gasteiger charge is -2.39. The van der Waals surface area contributed by atoms with E-state index in [9.17, 15) is 9.59 Å². The molecule has 0 bridgehead atoms. The Hall–Kier alpha value is -2.79. The first-order valence-corrected chi connectivity index (χ1v) is 13.0. The van der Waals surface area contributed by atoms with Gasteiger partial charge in [-0.3, -0.25) is 19.2 Å². The average Bonchev–Trinajstić information content (AvgIpc) is 3.58. The summed E-state index contributed by atoms with van der Waals surface area (Å²) in [6.45, 7) is 10.9. The minimum absolute atomic E-state index is 0.000761. The first kappa shape index (κ1) is 24.9. The van der Waals surface area contributed by atoms with Gasteiger partial charge in [-0.05, 0) is 37.7 Å². The van der Waals surface area contributed by atoms with Crippen molar-refractivity contribution in [1.82, 2.24) is 34.7 Å². The van der Waals surface area contributed by atoms with Crippen molar-refractivity contribution in [2.24, 2.45) is 12.5 Å². The summed E-state index contributed by atoms with van der Waals surface area (Å²) in [7, 11) is 1.85. The van der Waals surface area contributed by atoms with Gasteiger partial charge in [-0.25, -0.2) is 0 Å². The number of nitrogens with zero attached hydrogens (tertiary/aromatic N) is 7. The predicted octanol–water partition coefficient (Wildman–Crippen LogP) is 1.76. The molecule has 196 valence electrons. The molecule has 3 aliphatic heterocycles. The van der Waals surface area contributed by atoms with Gasteiger partial charge in [0.15, 0.2) is 5.69 Å². The maximum atomic E-state index is 13.1. The normalized spacial score (nSPS) is 22.6. The van der Waals surface area contributed by atoms with Gasteiger partial charge in [0.1, 0.15) is 0 Å². The smallest absolute Gasteiger partial charge is 0.274 e. The van der Waals surface area contributed by atoms with Crippen LogP contribution in [0.4, 0.5) is 0 Å². The van der Waals surface area contributed by atoms with Crippen molar-refractivity contribution in [1.29, 1.82) is 0 Å². The van der Waals surface area contributed by atoms with Gasteiger partial charge < -0.3 is 19.0 Å². The van der Waals surface area contributed by atoms with Crippen LogP contribution in [0.2, 0.25) is 0 Å². The topological polar surface area (TPSA) is 110 Å². The molecule has 11 heteroatoms. The molecule has 0 aliphatic carbocycles. The molecule has 36 heavy (non-hydrogen) atoms. The Labute approximate surface area is 211 Å². The van der Waals surface area contributed by atoms with Gasteiger partial charge in [0.2, 0.25) is 17.7 Å². The highest BCUT2D eigenvalue weighted by molar-refractivity contribution is 5.92. The number of rotatable bonds is 5. The van der Waals surface area contributed by atoms with Gasteiger partial charge in [0, 0.05) is 51.4 Å². The highest BCUT2D eigenvalue weighted by Gasteiger charge is 2.49. The number of aryl methyl sites for hydroxylation is 2. The number of hydrogen-bond donors (Lipinski definition) is 0. The molecule has 2 aromatic heterocycles. The minimum Gasteiger partial charge on any atom is -0.423 e. The highest BCUT2D eigenvalue weighted by Crippen LogP contribution is 2.49. The standard InChI is InChI=1S/C25H37N7O4/c1-17(2)22-26-27-23(36-22)20-14-25(16-32(20)15-21(33)30-9-11-35-12-10-30)5-7-31(8-6-25)24(34)19-13-18(3)29(4)28-19/h13,17,20H,5-12,14-16H2,1-4H3. The number of ether oxygens (including phenoxy) is 1. The number of aromatic nitrogens is 4. The summed E-state index contributed by atoms with van der Waals surface area (Å²) >= 11 is 0. The molecule has 3 aliphatic rings. The largest absolute Gasteiger partial charge is 0.423 e. The van der Waals surface area contributed by atoms with Gasteiger partial charge >= 0.3 is 0 Å². The average molecular weight is 500 g/mol. The van der Waals surface area contributed by atoms with Gasteiger partial charge in [-0.15, -0.1) is 10.2 Å². The summed E-state index contributed by atoms with van der Waals surface area (Å²) in [6.07, 6.45) is 2.58. The third-order valence-corrected chi connectivity index (χ3v) is 7.99. The molecule has 2 amide bonds. The van der Waals surface area contributed by atoms with E-state index < -0.39 is 0 Å². The summed E-state index contributed by atoms with van der Waals surface area (Å²) in [6, 6.07) is 1.75. The molecule has 3 saturated heterocycles. The fourth-order valence-corrected chi connectivity index (χ4v) is 5.63. The minimum atomic E-state index is -0.101. The van der Waals surface area contributed by atoms with E-state index in [4.69, 9.17) is 9.15 Å². The second kappa shape index (κ2) is 9.93. The second-order valence-corrected chi connectivity index (χ2v) is 10.8. The fourth-order valence-electron chi connectivity index (χ4n) is 5.63. The van der Waals surface area contributed by atoms with Gasteiger partial charge in [-0.2, -0.15) is 5.10 Å². The number of carbonyl (C=O) groups is 2. The molecule has 2 aromatic rings. The van der Waals surface area contributed by atoms with Crippen LogP contribution in [0.25, 0.3) is 0 Å². The zero-order valence-corrected chi connectivity index (χ0v) is 21.8. The number of likely N-dealkylation sites (tertiary alicyclic amines) is 2. The van der Waals surface area contributed by atoms with Crippen LogP contribution in [0, 0.1) is 12.3 Å². The van der Waals surface area contributed by atoms with Gasteiger partial charge in [-0.1, -0.05) is 13.8 Å². The van der Waals surface area contributed by atoms with Crippen molar-refractivity contribution in [3.63, 3.8) is 0 Å². The van der Waals surface area contributed by atoms with Crippen LogP contribution in [-0.4, -0.2) is 99.0 Å². The van der Waals surface area contributed by atoms with Gasteiger partial charge in [0.25, 0.3) is 5.91 Å². The van der Waals surface area contributed by atoms with Crippen LogP contribution in [-0.2, 0) is 16.6 Å². The van der Waals surface area contributed by atoms with Gasteiger partial charge in [0.05, 0.1) is 25.8 Å². The van der Waals surface area contributed by atoms with E-state index in [1.54, 1.807) is 4.68 Å². The zero-order chi connectivity index (χ0) is 25.4. The van der Waals surface area contributed by atoms with E-state index in [-0.39, 0.29) is 29.2 Å². The van der Waals surface area contributed by atoms with E-state index in [0.29, 0.717) is 63.4 Å². The lowest BCUT2D eigenvalue weighted by molar-refractivity contribution is -0.136. The zero-order valence-electron chi connectivity index (χ0n) is 21.8. The number of amides is 2. The summed E-state index contributed by atoms with van der Waals surface area (Å²) in [5.74, 6) is 1.46. The summed E-state index contributed by atoms with van der Waals surface area (Å²) in [5, 5.41) is 13.0. The first-order chi connectivity index (χ1) is 17.2. The van der Waals surface area contributed by atoms with Crippen LogP contribution in [0.1, 0.15) is 73.0 Å². The third-order valence-electron chi connectivity index (χ3n) is 7.99. The van der Waals surface area contributed by atoms with Crippen LogP contribution >= 0.6 is 0 Å². The molecule has 0 saturated carbocycles. The Kier molecular flexibility index (Phi) is 6.86. The van der Waals surface area contributed by atoms with E-state index >= 15 is 0 Å². The van der Waals surface area contributed by atoms with Crippen molar-refractivity contribution < 1.29 is 18.7 Å². The number of piperidine rings is 1. The molecule has 0 radical (unpaired) electrons. The SMILES string of the molecule is Cc1cc(C(=O)N2CCC3(CC2)CC(c2nnc(C(C)C)o2)N(CC(=O)N2CCOCC2)C3)nn1C. The molecule has 5 rings (SSSR count). The van der Waals surface area contributed by atoms with Crippen LogP contribution in [0.5, 0.6) is 0 Å². The lowest BCUT2D eigenvalue weighted by atomic mass is 9.76. The highest BCUT2D eigenvalue weighted by atomic mass is 16.5. The van der Waals surface area contributed by atoms with Crippen LogP contribution in [0.15, 0.2) is 10.5 Å². The molecule has 0 N–H and O–H groups in total. The van der Waals surface area contributed by atoms with E-state index in [1.165, 1.54) is 0 Å². The second-order valence-electron chi connectivity index (χ2n) is 10.8. The third kappa shape index (κ3) is 4.90. The lowest BCUT2D eigenvalue weighted by Crippen LogP contribution is -2.47. The Morgan fingerprint density at radius 2 is 1.83 bits per heavy atom. The van der Waals surface area contributed by atoms with E-state index in [0.717, 1.165) is 31.5 Å². The van der Waals surface area contributed by atoms with Crippen LogP contribution < -0.4 is 0 Å².